The summed E-state index contributed by atoms with van der Waals surface area (Å²) < 4.78 is 5.33. The van der Waals surface area contributed by atoms with E-state index in [2.05, 4.69) is 10.3 Å². The maximum absolute atomic E-state index is 11.5. The van der Waals surface area contributed by atoms with Crippen LogP contribution < -0.4 is 5.32 Å². The van der Waals surface area contributed by atoms with Gasteiger partial charge in [0.1, 0.15) is 11.5 Å². The second-order valence-electron chi connectivity index (χ2n) is 3.46. The van der Waals surface area contributed by atoms with Gasteiger partial charge in [-0.2, -0.15) is 4.99 Å². The van der Waals surface area contributed by atoms with Crippen molar-refractivity contribution in [1.82, 2.24) is 5.32 Å². The first-order valence-corrected chi connectivity index (χ1v) is 5.73. The summed E-state index contributed by atoms with van der Waals surface area (Å²) in [5, 5.41) is 2.78. The normalized spacial score (nSPS) is 17.4. The fraction of sp³-hybridized carbons (Fsp3) is 0.182. The molecule has 6 heteroatoms. The number of carbonyl (C=O) groups excluding carboxylic acids is 2. The van der Waals surface area contributed by atoms with Crippen molar-refractivity contribution in [2.24, 2.45) is 4.99 Å². The number of carbonyl (C=O) groups is 2. The monoisotopic (exact) mass is 250 g/mol. The van der Waals surface area contributed by atoms with Gasteiger partial charge < -0.3 is 9.73 Å². The summed E-state index contributed by atoms with van der Waals surface area (Å²) in [5.41, 5.74) is 0. The van der Waals surface area contributed by atoms with Crippen LogP contribution >= 0.6 is 11.8 Å². The summed E-state index contributed by atoms with van der Waals surface area (Å²) in [4.78, 5) is 26.5. The van der Waals surface area contributed by atoms with E-state index in [1.807, 2.05) is 13.0 Å². The standard InChI is InChI=1S/C11H10N2O3S/c1-6-3-4-8(16-6)5-9-10(15)13-11(17-9)12-7(2)14/h3-5H,1-2H3,(H,12,13,14,15)/b9-5+. The van der Waals surface area contributed by atoms with Crippen LogP contribution in [-0.2, 0) is 9.59 Å². The number of amides is 2. The minimum atomic E-state index is -0.368. The van der Waals surface area contributed by atoms with Gasteiger partial charge in [0.25, 0.3) is 5.91 Å². The lowest BCUT2D eigenvalue weighted by Crippen LogP contribution is -2.23. The molecule has 0 spiro atoms. The van der Waals surface area contributed by atoms with Gasteiger partial charge in [-0.3, -0.25) is 9.59 Å². The Morgan fingerprint density at radius 3 is 2.88 bits per heavy atom. The molecular formula is C11H10N2O3S. The first-order chi connectivity index (χ1) is 8.04. The molecule has 17 heavy (non-hydrogen) atoms. The molecule has 0 unspecified atom stereocenters. The largest absolute Gasteiger partial charge is 0.462 e. The molecule has 1 aromatic rings. The van der Waals surface area contributed by atoms with Crippen molar-refractivity contribution >= 4 is 34.8 Å². The van der Waals surface area contributed by atoms with Gasteiger partial charge >= 0.3 is 0 Å². The third-order valence-corrected chi connectivity index (χ3v) is 2.84. The lowest BCUT2D eigenvalue weighted by molar-refractivity contribution is -0.117. The van der Waals surface area contributed by atoms with Gasteiger partial charge in [-0.05, 0) is 30.8 Å². The van der Waals surface area contributed by atoms with Gasteiger partial charge in [0, 0.05) is 13.0 Å². The topological polar surface area (TPSA) is 71.7 Å². The molecule has 88 valence electrons. The SMILES string of the molecule is CC(=O)NC1=NC(=O)/C(=C\c2ccc(C)o2)S1. The fourth-order valence-electron chi connectivity index (χ4n) is 1.27. The molecule has 2 heterocycles. The molecule has 0 bridgehead atoms. The van der Waals surface area contributed by atoms with Crippen LogP contribution in [0, 0.1) is 6.92 Å². The number of hydrogen-bond donors (Lipinski definition) is 1. The maximum Gasteiger partial charge on any atom is 0.286 e. The minimum Gasteiger partial charge on any atom is -0.462 e. The van der Waals surface area contributed by atoms with E-state index in [-0.39, 0.29) is 11.8 Å². The number of aliphatic imine (C=N–C) groups is 1. The fourth-order valence-corrected chi connectivity index (χ4v) is 2.11. The summed E-state index contributed by atoms with van der Waals surface area (Å²) in [7, 11) is 0. The van der Waals surface area contributed by atoms with Crippen LogP contribution in [0.4, 0.5) is 0 Å². The summed E-state index contributed by atoms with van der Waals surface area (Å²) in [6.07, 6.45) is 1.61. The zero-order valence-corrected chi connectivity index (χ0v) is 10.1. The first-order valence-electron chi connectivity index (χ1n) is 4.91. The van der Waals surface area contributed by atoms with Gasteiger partial charge in [-0.1, -0.05) is 0 Å². The average molecular weight is 250 g/mol. The van der Waals surface area contributed by atoms with Gasteiger partial charge in [-0.25, -0.2) is 0 Å². The Morgan fingerprint density at radius 1 is 1.53 bits per heavy atom. The van der Waals surface area contributed by atoms with E-state index >= 15 is 0 Å². The van der Waals surface area contributed by atoms with Crippen molar-refractivity contribution in [3.05, 3.63) is 28.6 Å². The second kappa shape index (κ2) is 4.58. The molecule has 2 amide bonds. The number of nitrogens with zero attached hydrogens (tertiary/aromatic N) is 1. The van der Waals surface area contributed by atoms with Gasteiger partial charge in [-0.15, -0.1) is 0 Å². The molecular weight excluding hydrogens is 240 g/mol. The number of aryl methyl sites for hydroxylation is 1. The van der Waals surface area contributed by atoms with E-state index in [1.165, 1.54) is 6.92 Å². The summed E-state index contributed by atoms with van der Waals surface area (Å²) in [5.74, 6) is 0.750. The highest BCUT2D eigenvalue weighted by molar-refractivity contribution is 8.18. The third-order valence-electron chi connectivity index (χ3n) is 1.94. The molecule has 0 radical (unpaired) electrons. The lowest BCUT2D eigenvalue weighted by Gasteiger charge is -1.96. The van der Waals surface area contributed by atoms with Crippen LogP contribution in [0.1, 0.15) is 18.4 Å². The van der Waals surface area contributed by atoms with Crippen LogP contribution in [0.25, 0.3) is 6.08 Å². The molecule has 0 aromatic carbocycles. The molecule has 0 saturated carbocycles. The number of rotatable bonds is 1. The number of amidine groups is 1. The highest BCUT2D eigenvalue weighted by atomic mass is 32.2. The smallest absolute Gasteiger partial charge is 0.286 e. The maximum atomic E-state index is 11.5. The van der Waals surface area contributed by atoms with Crippen molar-refractivity contribution in [2.45, 2.75) is 13.8 Å². The summed E-state index contributed by atoms with van der Waals surface area (Å²) >= 11 is 1.12. The van der Waals surface area contributed by atoms with E-state index in [0.29, 0.717) is 15.8 Å². The van der Waals surface area contributed by atoms with E-state index in [4.69, 9.17) is 4.42 Å². The minimum absolute atomic E-state index is 0.251. The second-order valence-corrected chi connectivity index (χ2v) is 4.49. The Hall–Kier alpha value is -1.82. The van der Waals surface area contributed by atoms with Crippen LogP contribution in [0.2, 0.25) is 0 Å². The van der Waals surface area contributed by atoms with Crippen LogP contribution in [-0.4, -0.2) is 17.0 Å². The molecule has 1 aliphatic heterocycles. The molecule has 1 aromatic heterocycles. The zero-order valence-electron chi connectivity index (χ0n) is 9.31. The van der Waals surface area contributed by atoms with Crippen molar-refractivity contribution in [3.63, 3.8) is 0 Å². The predicted octanol–water partition coefficient (Wildman–Crippen LogP) is 1.69. The molecule has 1 aliphatic rings. The Labute approximate surface area is 102 Å². The quantitative estimate of drug-likeness (QED) is 0.770. The summed E-state index contributed by atoms with van der Waals surface area (Å²) in [6, 6.07) is 3.58. The first kappa shape index (κ1) is 11.7. The van der Waals surface area contributed by atoms with E-state index in [9.17, 15) is 9.59 Å². The average Bonchev–Trinajstić information content (AvgIpc) is 2.74. The van der Waals surface area contributed by atoms with Crippen molar-refractivity contribution in [1.29, 1.82) is 0 Å². The number of furan rings is 1. The Morgan fingerprint density at radius 2 is 2.29 bits per heavy atom. The summed E-state index contributed by atoms with van der Waals surface area (Å²) in [6.45, 7) is 3.19. The molecule has 5 nitrogen and oxygen atoms in total. The Bertz CT molecular complexity index is 543. The highest BCUT2D eigenvalue weighted by Crippen LogP contribution is 2.27. The van der Waals surface area contributed by atoms with Crippen molar-refractivity contribution in [3.8, 4) is 0 Å². The Kier molecular flexibility index (Phi) is 3.14. The van der Waals surface area contributed by atoms with Crippen molar-refractivity contribution < 1.29 is 14.0 Å². The molecule has 1 N–H and O–H groups in total. The highest BCUT2D eigenvalue weighted by Gasteiger charge is 2.22. The van der Waals surface area contributed by atoms with Gasteiger partial charge in [0.05, 0.1) is 4.91 Å². The molecule has 0 aliphatic carbocycles. The van der Waals surface area contributed by atoms with E-state index < -0.39 is 0 Å². The van der Waals surface area contributed by atoms with Crippen LogP contribution in [0.15, 0.2) is 26.4 Å². The van der Waals surface area contributed by atoms with Gasteiger partial charge in [0.2, 0.25) is 5.91 Å². The number of hydrogen-bond acceptors (Lipinski definition) is 4. The van der Waals surface area contributed by atoms with E-state index in [1.54, 1.807) is 12.1 Å². The number of nitrogens with one attached hydrogen (secondary N) is 1. The Balaban J connectivity index is 2.14. The van der Waals surface area contributed by atoms with Crippen LogP contribution in [0.3, 0.4) is 0 Å². The van der Waals surface area contributed by atoms with Crippen molar-refractivity contribution in [2.75, 3.05) is 0 Å². The molecule has 0 saturated heterocycles. The van der Waals surface area contributed by atoms with Crippen LogP contribution in [0.5, 0.6) is 0 Å². The zero-order chi connectivity index (χ0) is 12.4. The van der Waals surface area contributed by atoms with E-state index in [0.717, 1.165) is 17.5 Å². The molecule has 2 rings (SSSR count). The molecule has 0 fully saturated rings. The predicted molar refractivity (Wildman–Crippen MR) is 65.3 cm³/mol. The lowest BCUT2D eigenvalue weighted by atomic mass is 10.4. The van der Waals surface area contributed by atoms with Gasteiger partial charge in [0.15, 0.2) is 5.17 Å². The number of thioether (sulfide) groups is 1. The third kappa shape index (κ3) is 2.85. The molecule has 0 atom stereocenters.